The lowest BCUT2D eigenvalue weighted by atomic mass is 9.99. The lowest BCUT2D eigenvalue weighted by Gasteiger charge is -2.31. The molecule has 4 heterocycles. The molecule has 0 aromatic carbocycles. The summed E-state index contributed by atoms with van der Waals surface area (Å²) in [5, 5.41) is 1.29. The maximum absolute atomic E-state index is 5.28. The van der Waals surface area contributed by atoms with Crippen LogP contribution in [0.2, 0.25) is 0 Å². The lowest BCUT2D eigenvalue weighted by molar-refractivity contribution is 0.00835. The van der Waals surface area contributed by atoms with Crippen molar-refractivity contribution < 1.29 is 4.74 Å². The number of hydrogen-bond donors (Lipinski definition) is 0. The van der Waals surface area contributed by atoms with Crippen LogP contribution in [0.4, 0.5) is 0 Å². The molecule has 1 fully saturated rings. The lowest BCUT2D eigenvalue weighted by Crippen LogP contribution is -2.38. The van der Waals surface area contributed by atoms with E-state index < -0.39 is 0 Å². The van der Waals surface area contributed by atoms with Gasteiger partial charge in [0.2, 0.25) is 0 Å². The van der Waals surface area contributed by atoms with Crippen molar-refractivity contribution in [2.45, 2.75) is 38.9 Å². The van der Waals surface area contributed by atoms with Gasteiger partial charge in [-0.1, -0.05) is 0 Å². The highest BCUT2D eigenvalue weighted by Crippen LogP contribution is 2.29. The van der Waals surface area contributed by atoms with E-state index in [4.69, 9.17) is 9.72 Å². The Morgan fingerprint density at radius 2 is 2.10 bits per heavy atom. The average molecular weight is 271 g/mol. The molecule has 0 spiro atoms. The number of hydrogen-bond acceptors (Lipinski definition) is 3. The molecule has 20 heavy (non-hydrogen) atoms. The van der Waals surface area contributed by atoms with Crippen molar-refractivity contribution in [3.8, 4) is 0 Å². The highest BCUT2D eigenvalue weighted by molar-refractivity contribution is 5.78. The van der Waals surface area contributed by atoms with Gasteiger partial charge >= 0.3 is 0 Å². The number of pyridine rings is 1. The molecule has 4 nitrogen and oxygen atoms in total. The minimum absolute atomic E-state index is 0.552. The highest BCUT2D eigenvalue weighted by Gasteiger charge is 2.24. The quantitative estimate of drug-likeness (QED) is 0.840. The highest BCUT2D eigenvalue weighted by atomic mass is 16.5. The first-order valence-corrected chi connectivity index (χ1v) is 7.52. The van der Waals surface area contributed by atoms with Crippen molar-refractivity contribution >= 4 is 11.0 Å². The Hall–Kier alpha value is -1.39. The first-order chi connectivity index (χ1) is 9.72. The smallest absolute Gasteiger partial charge is 0.140 e. The van der Waals surface area contributed by atoms with E-state index in [9.17, 15) is 0 Å². The van der Waals surface area contributed by atoms with Crippen LogP contribution in [0.25, 0.3) is 11.0 Å². The molecule has 4 rings (SSSR count). The Kier molecular flexibility index (Phi) is 2.82. The Bertz CT molecular complexity index is 642. The largest absolute Gasteiger partial charge is 0.380 e. The monoisotopic (exact) mass is 271 g/mol. The fourth-order valence-electron chi connectivity index (χ4n) is 3.21. The summed E-state index contributed by atoms with van der Waals surface area (Å²) in [4.78, 5) is 7.24. The fraction of sp³-hybridized carbons (Fsp3) is 0.562. The van der Waals surface area contributed by atoms with E-state index in [0.717, 1.165) is 38.5 Å². The Labute approximate surface area is 119 Å². The molecule has 2 aromatic heterocycles. The van der Waals surface area contributed by atoms with Crippen molar-refractivity contribution in [2.75, 3.05) is 19.8 Å². The normalized spacial score (nSPS) is 20.4. The minimum Gasteiger partial charge on any atom is -0.380 e. The molecule has 0 unspecified atom stereocenters. The summed E-state index contributed by atoms with van der Waals surface area (Å²) in [6.45, 7) is 9.44. The van der Waals surface area contributed by atoms with Crippen molar-refractivity contribution in [3.05, 3.63) is 29.6 Å². The number of nitrogens with zero attached hydrogens (tertiary/aromatic N) is 3. The van der Waals surface area contributed by atoms with Crippen molar-refractivity contribution in [2.24, 2.45) is 0 Å². The van der Waals surface area contributed by atoms with Gasteiger partial charge in [-0.2, -0.15) is 0 Å². The van der Waals surface area contributed by atoms with Crippen LogP contribution in [0.15, 0.2) is 18.3 Å². The second kappa shape index (κ2) is 4.57. The summed E-state index contributed by atoms with van der Waals surface area (Å²) in [5.41, 5.74) is 3.87. The predicted molar refractivity (Wildman–Crippen MR) is 78.8 cm³/mol. The van der Waals surface area contributed by atoms with Crippen LogP contribution >= 0.6 is 0 Å². The van der Waals surface area contributed by atoms with Crippen LogP contribution in [-0.2, 0) is 17.8 Å². The van der Waals surface area contributed by atoms with E-state index in [2.05, 4.69) is 35.4 Å². The third kappa shape index (κ3) is 1.86. The van der Waals surface area contributed by atoms with Crippen molar-refractivity contribution in [1.29, 1.82) is 0 Å². The number of rotatable bonds is 2. The first kappa shape index (κ1) is 12.4. The van der Waals surface area contributed by atoms with Gasteiger partial charge in [-0.25, -0.2) is 4.98 Å². The van der Waals surface area contributed by atoms with Crippen molar-refractivity contribution in [3.63, 3.8) is 0 Å². The maximum atomic E-state index is 5.28. The van der Waals surface area contributed by atoms with Gasteiger partial charge in [-0.05, 0) is 31.5 Å². The van der Waals surface area contributed by atoms with Crippen LogP contribution in [0, 0.1) is 0 Å². The topological polar surface area (TPSA) is 30.3 Å². The van der Waals surface area contributed by atoms with Gasteiger partial charge in [-0.3, -0.25) is 4.90 Å². The average Bonchev–Trinajstić information content (AvgIpc) is 2.73. The second-order valence-corrected chi connectivity index (χ2v) is 6.27. The van der Waals surface area contributed by atoms with Gasteiger partial charge in [0, 0.05) is 48.9 Å². The van der Waals surface area contributed by atoms with Crippen LogP contribution in [0.3, 0.4) is 0 Å². The van der Waals surface area contributed by atoms with Gasteiger partial charge in [0.25, 0.3) is 0 Å². The maximum Gasteiger partial charge on any atom is 0.140 e. The molecule has 0 aliphatic carbocycles. The molecule has 106 valence electrons. The van der Waals surface area contributed by atoms with Gasteiger partial charge in [0.1, 0.15) is 5.65 Å². The molecule has 0 radical (unpaired) electrons. The van der Waals surface area contributed by atoms with Gasteiger partial charge < -0.3 is 9.30 Å². The summed E-state index contributed by atoms with van der Waals surface area (Å²) in [6.07, 6.45) is 2.04. The molecule has 0 bridgehead atoms. The van der Waals surface area contributed by atoms with E-state index in [1.54, 1.807) is 0 Å². The zero-order valence-corrected chi connectivity index (χ0v) is 12.2. The summed E-state index contributed by atoms with van der Waals surface area (Å²) in [6, 6.07) is 5.23. The van der Waals surface area contributed by atoms with E-state index in [-0.39, 0.29) is 0 Å². The summed E-state index contributed by atoms with van der Waals surface area (Å²) in [7, 11) is 0. The second-order valence-electron chi connectivity index (χ2n) is 6.27. The molecule has 2 aliphatic heterocycles. The molecule has 2 aliphatic rings. The zero-order chi connectivity index (χ0) is 13.7. The molecule has 1 saturated heterocycles. The van der Waals surface area contributed by atoms with Crippen LogP contribution < -0.4 is 0 Å². The van der Waals surface area contributed by atoms with E-state index in [1.807, 2.05) is 6.20 Å². The van der Waals surface area contributed by atoms with Crippen LogP contribution in [0.1, 0.15) is 31.0 Å². The van der Waals surface area contributed by atoms with E-state index >= 15 is 0 Å². The Balaban J connectivity index is 1.72. The zero-order valence-electron chi connectivity index (χ0n) is 12.2. The Morgan fingerprint density at radius 3 is 2.80 bits per heavy atom. The summed E-state index contributed by atoms with van der Waals surface area (Å²) in [5.74, 6) is 0.552. The standard InChI is InChI=1S/C16H21N3O/c1-11(2)18-3-4-19-15(8-18)6-12-5-13(7-17-16(12)19)14-9-20-10-14/h5-7,11,14H,3-4,8-10H2,1-2H3. The number of ether oxygens (including phenoxy) is 1. The van der Waals surface area contributed by atoms with Gasteiger partial charge in [0.05, 0.1) is 13.2 Å². The summed E-state index contributed by atoms with van der Waals surface area (Å²) >= 11 is 0. The predicted octanol–water partition coefficient (Wildman–Crippen LogP) is 2.37. The van der Waals surface area contributed by atoms with Crippen molar-refractivity contribution in [1.82, 2.24) is 14.5 Å². The van der Waals surface area contributed by atoms with E-state index in [1.165, 1.54) is 16.6 Å². The Morgan fingerprint density at radius 1 is 1.25 bits per heavy atom. The molecule has 4 heteroatoms. The molecule has 0 saturated carbocycles. The SMILES string of the molecule is CC(C)N1CCn2c(cc3cc(C4COC4)cnc32)C1. The summed E-state index contributed by atoms with van der Waals surface area (Å²) < 4.78 is 7.67. The fourth-order valence-corrected chi connectivity index (χ4v) is 3.21. The third-order valence-electron chi connectivity index (χ3n) is 4.66. The van der Waals surface area contributed by atoms with Crippen LogP contribution in [-0.4, -0.2) is 40.3 Å². The molecular weight excluding hydrogens is 250 g/mol. The molecule has 0 amide bonds. The van der Waals surface area contributed by atoms with Gasteiger partial charge in [-0.15, -0.1) is 0 Å². The molecule has 0 atom stereocenters. The van der Waals surface area contributed by atoms with Gasteiger partial charge in [0.15, 0.2) is 0 Å². The molecular formula is C16H21N3O. The minimum atomic E-state index is 0.552. The molecule has 2 aromatic rings. The number of aromatic nitrogens is 2. The first-order valence-electron chi connectivity index (χ1n) is 7.52. The third-order valence-corrected chi connectivity index (χ3v) is 4.66. The van der Waals surface area contributed by atoms with E-state index in [0.29, 0.717) is 12.0 Å². The molecule has 0 N–H and O–H groups in total. The van der Waals surface area contributed by atoms with Crippen LogP contribution in [0.5, 0.6) is 0 Å². The number of fused-ring (bicyclic) bond motifs is 3.